The standard InChI is InChI=1S/C18H16BrN5O/c1-14-2-7-17(10-18(14)19)25-9-8-24(23-12-21-22-13-23)16-5-3-15(11-20)4-6-16/h2-7,10,12-13H,8-9H2,1H3. The fourth-order valence-electron chi connectivity index (χ4n) is 2.32. The van der Waals surface area contributed by atoms with Crippen molar-refractivity contribution in [2.24, 2.45) is 0 Å². The first-order chi connectivity index (χ1) is 12.2. The number of aryl methyl sites for hydroxylation is 1. The fourth-order valence-corrected chi connectivity index (χ4v) is 2.68. The van der Waals surface area contributed by atoms with Crippen LogP contribution in [0, 0.1) is 18.3 Å². The van der Waals surface area contributed by atoms with Crippen molar-refractivity contribution in [2.75, 3.05) is 18.2 Å². The summed E-state index contributed by atoms with van der Waals surface area (Å²) in [6, 6.07) is 15.4. The summed E-state index contributed by atoms with van der Waals surface area (Å²) in [5, 5.41) is 18.6. The van der Waals surface area contributed by atoms with Gasteiger partial charge in [0.05, 0.1) is 23.9 Å². The van der Waals surface area contributed by atoms with Gasteiger partial charge in [-0.2, -0.15) is 5.26 Å². The van der Waals surface area contributed by atoms with Gasteiger partial charge in [0, 0.05) is 4.47 Å². The van der Waals surface area contributed by atoms with Crippen LogP contribution in [-0.2, 0) is 0 Å². The van der Waals surface area contributed by atoms with E-state index in [4.69, 9.17) is 10.00 Å². The number of aromatic nitrogens is 3. The normalized spacial score (nSPS) is 10.3. The Morgan fingerprint density at radius 2 is 1.88 bits per heavy atom. The number of nitriles is 1. The van der Waals surface area contributed by atoms with Crippen molar-refractivity contribution in [1.82, 2.24) is 14.9 Å². The molecule has 0 radical (unpaired) electrons. The van der Waals surface area contributed by atoms with Crippen LogP contribution in [0.1, 0.15) is 11.1 Å². The SMILES string of the molecule is Cc1ccc(OCCN(c2ccc(C#N)cc2)n2cnnc2)cc1Br. The molecule has 3 rings (SSSR count). The quantitative estimate of drug-likeness (QED) is 0.635. The molecular weight excluding hydrogens is 382 g/mol. The minimum atomic E-state index is 0.480. The Morgan fingerprint density at radius 1 is 1.16 bits per heavy atom. The molecule has 2 aromatic carbocycles. The van der Waals surface area contributed by atoms with Gasteiger partial charge in [-0.25, -0.2) is 4.68 Å². The molecule has 0 N–H and O–H groups in total. The first kappa shape index (κ1) is 17.0. The molecule has 0 amide bonds. The Kier molecular flexibility index (Phi) is 5.31. The predicted octanol–water partition coefficient (Wildman–Crippen LogP) is 3.57. The molecule has 0 saturated heterocycles. The van der Waals surface area contributed by atoms with E-state index in [0.29, 0.717) is 18.7 Å². The van der Waals surface area contributed by atoms with Crippen LogP contribution in [0.5, 0.6) is 5.75 Å². The summed E-state index contributed by atoms with van der Waals surface area (Å²) in [6.07, 6.45) is 3.25. The number of ether oxygens (including phenoxy) is 1. The van der Waals surface area contributed by atoms with Crippen LogP contribution in [0.3, 0.4) is 0 Å². The number of halogens is 1. The molecule has 1 heterocycles. The summed E-state index contributed by atoms with van der Waals surface area (Å²) in [4.78, 5) is 0. The number of rotatable bonds is 6. The molecule has 0 fully saturated rings. The molecule has 0 unspecified atom stereocenters. The molecule has 0 spiro atoms. The van der Waals surface area contributed by atoms with Crippen LogP contribution in [0.15, 0.2) is 59.6 Å². The van der Waals surface area contributed by atoms with Gasteiger partial charge in [-0.05, 0) is 48.9 Å². The highest BCUT2D eigenvalue weighted by Gasteiger charge is 2.10. The summed E-state index contributed by atoms with van der Waals surface area (Å²) in [6.45, 7) is 3.11. The van der Waals surface area contributed by atoms with Gasteiger partial charge in [-0.3, -0.25) is 5.01 Å². The first-order valence-corrected chi connectivity index (χ1v) is 8.48. The molecule has 0 saturated carbocycles. The van der Waals surface area contributed by atoms with Crippen LogP contribution < -0.4 is 9.75 Å². The topological polar surface area (TPSA) is 67.0 Å². The lowest BCUT2D eigenvalue weighted by Gasteiger charge is -2.25. The van der Waals surface area contributed by atoms with Crippen molar-refractivity contribution in [1.29, 1.82) is 5.26 Å². The van der Waals surface area contributed by atoms with Gasteiger partial charge < -0.3 is 4.74 Å². The molecule has 0 aliphatic rings. The van der Waals surface area contributed by atoms with Gasteiger partial charge in [0.1, 0.15) is 25.0 Å². The molecule has 0 atom stereocenters. The van der Waals surface area contributed by atoms with E-state index >= 15 is 0 Å². The van der Waals surface area contributed by atoms with Gasteiger partial charge in [0.25, 0.3) is 0 Å². The Morgan fingerprint density at radius 3 is 2.52 bits per heavy atom. The molecule has 7 heteroatoms. The first-order valence-electron chi connectivity index (χ1n) is 7.69. The number of nitrogens with zero attached hydrogens (tertiary/aromatic N) is 5. The summed E-state index contributed by atoms with van der Waals surface area (Å²) in [7, 11) is 0. The molecule has 3 aromatic rings. The second-order valence-corrected chi connectivity index (χ2v) is 6.24. The zero-order valence-corrected chi connectivity index (χ0v) is 15.2. The minimum absolute atomic E-state index is 0.480. The van der Waals surface area contributed by atoms with E-state index in [1.165, 1.54) is 0 Å². The summed E-state index contributed by atoms with van der Waals surface area (Å²) < 4.78 is 8.67. The zero-order valence-electron chi connectivity index (χ0n) is 13.6. The average Bonchev–Trinajstić information content (AvgIpc) is 3.16. The monoisotopic (exact) mass is 397 g/mol. The summed E-state index contributed by atoms with van der Waals surface area (Å²) in [5.41, 5.74) is 2.71. The Balaban J connectivity index is 1.72. The van der Waals surface area contributed by atoms with Gasteiger partial charge in [-0.1, -0.05) is 22.0 Å². The lowest BCUT2D eigenvalue weighted by atomic mass is 10.2. The smallest absolute Gasteiger partial charge is 0.139 e. The average molecular weight is 398 g/mol. The van der Waals surface area contributed by atoms with E-state index < -0.39 is 0 Å². The molecule has 0 aliphatic heterocycles. The van der Waals surface area contributed by atoms with E-state index in [9.17, 15) is 0 Å². The highest BCUT2D eigenvalue weighted by molar-refractivity contribution is 9.10. The van der Waals surface area contributed by atoms with Crippen LogP contribution in [0.4, 0.5) is 5.69 Å². The van der Waals surface area contributed by atoms with Gasteiger partial charge >= 0.3 is 0 Å². The second kappa shape index (κ2) is 7.81. The molecule has 6 nitrogen and oxygen atoms in total. The third-order valence-corrected chi connectivity index (χ3v) is 4.55. The van der Waals surface area contributed by atoms with Crippen molar-refractivity contribution in [3.63, 3.8) is 0 Å². The van der Waals surface area contributed by atoms with E-state index in [1.807, 2.05) is 42.3 Å². The number of hydrogen-bond donors (Lipinski definition) is 0. The summed E-state index contributed by atoms with van der Waals surface area (Å²) in [5.74, 6) is 0.806. The molecular formula is C18H16BrN5O. The number of hydrogen-bond acceptors (Lipinski definition) is 5. The molecule has 0 bridgehead atoms. The maximum absolute atomic E-state index is 8.95. The highest BCUT2D eigenvalue weighted by Crippen LogP contribution is 2.22. The van der Waals surface area contributed by atoms with Gasteiger partial charge in [0.15, 0.2) is 0 Å². The van der Waals surface area contributed by atoms with Crippen molar-refractivity contribution < 1.29 is 4.74 Å². The molecule has 126 valence electrons. The van der Waals surface area contributed by atoms with Gasteiger partial charge in [0.2, 0.25) is 0 Å². The van der Waals surface area contributed by atoms with Crippen molar-refractivity contribution in [3.8, 4) is 11.8 Å². The maximum atomic E-state index is 8.95. The van der Waals surface area contributed by atoms with Crippen molar-refractivity contribution in [2.45, 2.75) is 6.92 Å². The van der Waals surface area contributed by atoms with E-state index in [1.54, 1.807) is 29.5 Å². The van der Waals surface area contributed by atoms with Crippen molar-refractivity contribution in [3.05, 3.63) is 70.7 Å². The third kappa shape index (κ3) is 4.17. The Hall–Kier alpha value is -2.85. The molecule has 1 aromatic heterocycles. The fraction of sp³-hybridized carbons (Fsp3) is 0.167. The summed E-state index contributed by atoms with van der Waals surface area (Å²) >= 11 is 3.51. The third-order valence-electron chi connectivity index (χ3n) is 3.69. The van der Waals surface area contributed by atoms with E-state index in [0.717, 1.165) is 21.5 Å². The highest BCUT2D eigenvalue weighted by atomic mass is 79.9. The number of anilines is 1. The Labute approximate surface area is 154 Å². The van der Waals surface area contributed by atoms with Crippen LogP contribution in [0.2, 0.25) is 0 Å². The van der Waals surface area contributed by atoms with Crippen LogP contribution >= 0.6 is 15.9 Å². The lowest BCUT2D eigenvalue weighted by molar-refractivity contribution is 0.319. The van der Waals surface area contributed by atoms with Crippen molar-refractivity contribution >= 4 is 21.6 Å². The van der Waals surface area contributed by atoms with Crippen LogP contribution in [0.25, 0.3) is 0 Å². The zero-order chi connectivity index (χ0) is 17.6. The second-order valence-electron chi connectivity index (χ2n) is 5.38. The van der Waals surface area contributed by atoms with E-state index in [2.05, 4.69) is 32.2 Å². The lowest BCUT2D eigenvalue weighted by Crippen LogP contribution is -2.32. The molecule has 25 heavy (non-hydrogen) atoms. The minimum Gasteiger partial charge on any atom is -0.492 e. The maximum Gasteiger partial charge on any atom is 0.139 e. The molecule has 0 aliphatic carbocycles. The predicted molar refractivity (Wildman–Crippen MR) is 98.3 cm³/mol. The van der Waals surface area contributed by atoms with E-state index in [-0.39, 0.29) is 0 Å². The largest absolute Gasteiger partial charge is 0.492 e. The van der Waals surface area contributed by atoms with Gasteiger partial charge in [-0.15, -0.1) is 10.2 Å². The Bertz CT molecular complexity index is 871. The number of benzene rings is 2. The van der Waals surface area contributed by atoms with Crippen LogP contribution in [-0.4, -0.2) is 28.0 Å².